The minimum absolute atomic E-state index is 0.0403. The number of carboxylic acid groups (broad SMARTS) is 1. The fourth-order valence-electron chi connectivity index (χ4n) is 1.12. The fourth-order valence-corrected chi connectivity index (χ4v) is 1.12. The number of amides is 1. The highest BCUT2D eigenvalue weighted by Gasteiger charge is 2.08. The Labute approximate surface area is 92.7 Å². The molecular formula is C9H14N4O3. The molecule has 0 saturated heterocycles. The molecule has 1 N–H and O–H groups in total. The van der Waals surface area contributed by atoms with Crippen LogP contribution in [0.4, 0.5) is 0 Å². The third-order valence-corrected chi connectivity index (χ3v) is 2.03. The van der Waals surface area contributed by atoms with Gasteiger partial charge in [0.1, 0.15) is 0 Å². The number of hydrogen-bond donors (Lipinski definition) is 1. The van der Waals surface area contributed by atoms with Crippen molar-refractivity contribution in [2.45, 2.75) is 19.4 Å². The topological polar surface area (TPSA) is 88.3 Å². The summed E-state index contributed by atoms with van der Waals surface area (Å²) < 4.78 is 1.42. The van der Waals surface area contributed by atoms with Crippen molar-refractivity contribution in [3.63, 3.8) is 0 Å². The molecule has 1 amide bonds. The molecule has 1 aromatic heterocycles. The Kier molecular flexibility index (Phi) is 3.98. The molecule has 0 radical (unpaired) electrons. The molecule has 7 nitrogen and oxygen atoms in total. The van der Waals surface area contributed by atoms with Crippen LogP contribution in [0.25, 0.3) is 0 Å². The number of nitrogens with zero attached hydrogens (tertiary/aromatic N) is 4. The van der Waals surface area contributed by atoms with Crippen molar-refractivity contribution in [2.75, 3.05) is 14.1 Å². The zero-order valence-corrected chi connectivity index (χ0v) is 9.25. The Hall–Kier alpha value is -1.92. The van der Waals surface area contributed by atoms with Crippen LogP contribution in [0.2, 0.25) is 0 Å². The van der Waals surface area contributed by atoms with Gasteiger partial charge >= 0.3 is 5.97 Å². The van der Waals surface area contributed by atoms with E-state index in [0.717, 1.165) is 0 Å². The largest absolute Gasteiger partial charge is 0.476 e. The van der Waals surface area contributed by atoms with Gasteiger partial charge in [0.25, 0.3) is 0 Å². The fraction of sp³-hybridized carbons (Fsp3) is 0.556. The maximum absolute atomic E-state index is 11.2. The van der Waals surface area contributed by atoms with Crippen molar-refractivity contribution in [1.29, 1.82) is 0 Å². The molecule has 0 atom stereocenters. The van der Waals surface area contributed by atoms with E-state index in [0.29, 0.717) is 19.4 Å². The van der Waals surface area contributed by atoms with Crippen LogP contribution in [-0.4, -0.2) is 51.0 Å². The molecule has 0 aliphatic heterocycles. The van der Waals surface area contributed by atoms with Crippen molar-refractivity contribution in [1.82, 2.24) is 19.9 Å². The summed E-state index contributed by atoms with van der Waals surface area (Å²) in [6, 6.07) is 0. The van der Waals surface area contributed by atoms with Crippen LogP contribution in [-0.2, 0) is 11.3 Å². The summed E-state index contributed by atoms with van der Waals surface area (Å²) >= 11 is 0. The molecule has 0 spiro atoms. The number of rotatable bonds is 5. The average Bonchev–Trinajstić information content (AvgIpc) is 2.66. The monoisotopic (exact) mass is 226 g/mol. The molecule has 0 aliphatic rings. The lowest BCUT2D eigenvalue weighted by atomic mass is 10.3. The normalized spacial score (nSPS) is 10.1. The second-order valence-electron chi connectivity index (χ2n) is 3.56. The van der Waals surface area contributed by atoms with Crippen molar-refractivity contribution in [3.8, 4) is 0 Å². The van der Waals surface area contributed by atoms with E-state index < -0.39 is 5.97 Å². The molecule has 1 heterocycles. The van der Waals surface area contributed by atoms with Crippen LogP contribution in [0, 0.1) is 0 Å². The van der Waals surface area contributed by atoms with E-state index in [1.807, 2.05) is 0 Å². The minimum Gasteiger partial charge on any atom is -0.476 e. The summed E-state index contributed by atoms with van der Waals surface area (Å²) in [6.07, 6.45) is 2.37. The van der Waals surface area contributed by atoms with Gasteiger partial charge in [-0.3, -0.25) is 9.48 Å². The van der Waals surface area contributed by atoms with E-state index in [1.54, 1.807) is 14.1 Å². The number of carboxylic acids is 1. The average molecular weight is 226 g/mol. The molecule has 16 heavy (non-hydrogen) atoms. The molecule has 1 aromatic rings. The summed E-state index contributed by atoms with van der Waals surface area (Å²) in [5, 5.41) is 15.7. The smallest absolute Gasteiger partial charge is 0.358 e. The summed E-state index contributed by atoms with van der Waals surface area (Å²) in [5.74, 6) is -1.06. The van der Waals surface area contributed by atoms with Gasteiger partial charge in [-0.05, 0) is 6.42 Å². The predicted molar refractivity (Wildman–Crippen MR) is 54.9 cm³/mol. The van der Waals surface area contributed by atoms with Gasteiger partial charge < -0.3 is 10.0 Å². The lowest BCUT2D eigenvalue weighted by molar-refractivity contribution is -0.128. The molecule has 1 rings (SSSR count). The first-order chi connectivity index (χ1) is 7.50. The SMILES string of the molecule is CN(C)C(=O)CCCn1cc(C(=O)O)nn1. The van der Waals surface area contributed by atoms with Gasteiger partial charge in [-0.1, -0.05) is 5.21 Å². The number of aromatic nitrogens is 3. The zero-order chi connectivity index (χ0) is 12.1. The van der Waals surface area contributed by atoms with Crippen molar-refractivity contribution in [2.24, 2.45) is 0 Å². The molecule has 0 saturated carbocycles. The van der Waals surface area contributed by atoms with Gasteiger partial charge in [0.2, 0.25) is 5.91 Å². The molecule has 0 fully saturated rings. The minimum atomic E-state index is -1.10. The van der Waals surface area contributed by atoms with Crippen LogP contribution in [0.5, 0.6) is 0 Å². The van der Waals surface area contributed by atoms with Gasteiger partial charge in [0.15, 0.2) is 5.69 Å². The van der Waals surface area contributed by atoms with Gasteiger partial charge in [0.05, 0.1) is 6.20 Å². The first kappa shape index (κ1) is 12.2. The third kappa shape index (κ3) is 3.34. The Morgan fingerprint density at radius 1 is 1.50 bits per heavy atom. The van der Waals surface area contributed by atoms with Crippen molar-refractivity contribution < 1.29 is 14.7 Å². The lowest BCUT2D eigenvalue weighted by Crippen LogP contribution is -2.21. The number of aryl methyl sites for hydroxylation is 1. The standard InChI is InChI=1S/C9H14N4O3/c1-12(2)8(14)4-3-5-13-6-7(9(15)16)10-11-13/h6H,3-5H2,1-2H3,(H,15,16). The number of hydrogen-bond acceptors (Lipinski definition) is 4. The summed E-state index contributed by atoms with van der Waals surface area (Å²) in [7, 11) is 3.39. The van der Waals surface area contributed by atoms with Gasteiger partial charge in [-0.25, -0.2) is 4.79 Å². The van der Waals surface area contributed by atoms with Crippen LogP contribution in [0.3, 0.4) is 0 Å². The van der Waals surface area contributed by atoms with Gasteiger partial charge in [-0.2, -0.15) is 0 Å². The second-order valence-corrected chi connectivity index (χ2v) is 3.56. The first-order valence-electron chi connectivity index (χ1n) is 4.84. The molecule has 7 heteroatoms. The van der Waals surface area contributed by atoms with E-state index in [9.17, 15) is 9.59 Å². The van der Waals surface area contributed by atoms with E-state index in [1.165, 1.54) is 15.8 Å². The van der Waals surface area contributed by atoms with Crippen LogP contribution >= 0.6 is 0 Å². The van der Waals surface area contributed by atoms with Gasteiger partial charge in [0, 0.05) is 27.1 Å². The molecule has 0 aliphatic carbocycles. The quantitative estimate of drug-likeness (QED) is 0.754. The second kappa shape index (κ2) is 5.24. The first-order valence-corrected chi connectivity index (χ1v) is 4.84. The number of carbonyl (C=O) groups excluding carboxylic acids is 1. The van der Waals surface area contributed by atoms with E-state index in [-0.39, 0.29) is 11.6 Å². The van der Waals surface area contributed by atoms with Gasteiger partial charge in [-0.15, -0.1) is 5.10 Å². The van der Waals surface area contributed by atoms with Crippen LogP contribution in [0.15, 0.2) is 6.20 Å². The molecule has 0 unspecified atom stereocenters. The third-order valence-electron chi connectivity index (χ3n) is 2.03. The molecule has 0 bridgehead atoms. The Bertz CT molecular complexity index is 386. The van der Waals surface area contributed by atoms with Crippen LogP contribution < -0.4 is 0 Å². The highest BCUT2D eigenvalue weighted by atomic mass is 16.4. The maximum atomic E-state index is 11.2. The van der Waals surface area contributed by atoms with E-state index in [4.69, 9.17) is 5.11 Å². The Morgan fingerprint density at radius 2 is 2.19 bits per heavy atom. The maximum Gasteiger partial charge on any atom is 0.358 e. The van der Waals surface area contributed by atoms with Crippen molar-refractivity contribution >= 4 is 11.9 Å². The zero-order valence-electron chi connectivity index (χ0n) is 9.25. The Morgan fingerprint density at radius 3 is 2.69 bits per heavy atom. The molecule has 88 valence electrons. The summed E-state index contributed by atoms with van der Waals surface area (Å²) in [4.78, 5) is 23.3. The van der Waals surface area contributed by atoms with Crippen LogP contribution in [0.1, 0.15) is 23.3 Å². The molecule has 0 aromatic carbocycles. The highest BCUT2D eigenvalue weighted by molar-refractivity contribution is 5.84. The predicted octanol–water partition coefficient (Wildman–Crippen LogP) is -0.155. The number of aromatic carboxylic acids is 1. The van der Waals surface area contributed by atoms with E-state index >= 15 is 0 Å². The Balaban J connectivity index is 2.37. The number of carbonyl (C=O) groups is 2. The van der Waals surface area contributed by atoms with E-state index in [2.05, 4.69) is 10.3 Å². The summed E-state index contributed by atoms with van der Waals surface area (Å²) in [5.41, 5.74) is -0.0843. The molecular weight excluding hydrogens is 212 g/mol. The van der Waals surface area contributed by atoms with Crippen molar-refractivity contribution in [3.05, 3.63) is 11.9 Å². The summed E-state index contributed by atoms with van der Waals surface area (Å²) in [6.45, 7) is 0.486. The highest BCUT2D eigenvalue weighted by Crippen LogP contribution is 1.98. The lowest BCUT2D eigenvalue weighted by Gasteiger charge is -2.09.